The summed E-state index contributed by atoms with van der Waals surface area (Å²) >= 11 is 1.71. The number of ether oxygens (including phenoxy) is 1. The Morgan fingerprint density at radius 3 is 2.83 bits per heavy atom. The number of aryl methyl sites for hydroxylation is 1. The van der Waals surface area contributed by atoms with Crippen LogP contribution in [0.15, 0.2) is 24.3 Å². The van der Waals surface area contributed by atoms with Crippen molar-refractivity contribution in [3.8, 4) is 0 Å². The van der Waals surface area contributed by atoms with Crippen molar-refractivity contribution in [2.45, 2.75) is 71.4 Å². The lowest BCUT2D eigenvalue weighted by molar-refractivity contribution is -0.133. The number of para-hydroxylation sites is 1. The number of nitrogens with zero attached hydrogens (tertiary/aromatic N) is 2. The van der Waals surface area contributed by atoms with Gasteiger partial charge in [-0.2, -0.15) is 0 Å². The van der Waals surface area contributed by atoms with Gasteiger partial charge in [-0.1, -0.05) is 12.1 Å². The first-order valence-corrected chi connectivity index (χ1v) is 11.6. The summed E-state index contributed by atoms with van der Waals surface area (Å²) in [6.45, 7) is 9.05. The van der Waals surface area contributed by atoms with Gasteiger partial charge in [-0.3, -0.25) is 4.79 Å². The van der Waals surface area contributed by atoms with E-state index >= 15 is 0 Å². The molecule has 0 bridgehead atoms. The summed E-state index contributed by atoms with van der Waals surface area (Å²) in [4.78, 5) is 31.4. The van der Waals surface area contributed by atoms with Crippen LogP contribution in [0.25, 0.3) is 10.2 Å². The number of rotatable bonds is 6. The number of aromatic nitrogens is 1. The molecule has 164 valence electrons. The molecule has 2 heterocycles. The molecular formula is C23H33N3O3S. The molecule has 2 aromatic rings. The van der Waals surface area contributed by atoms with Crippen LogP contribution in [0.1, 0.15) is 58.4 Å². The SMILES string of the molecule is C[C@@H](NC(=O)OC(C)(C)C)[C@H]1CCCN(C(=O)CCCc2nc3ccccc3s2)C1. The van der Waals surface area contributed by atoms with E-state index in [0.29, 0.717) is 13.0 Å². The minimum Gasteiger partial charge on any atom is -0.444 e. The number of amides is 2. The fraction of sp³-hybridized carbons (Fsp3) is 0.609. The summed E-state index contributed by atoms with van der Waals surface area (Å²) in [5.41, 5.74) is 0.524. The normalized spacial score (nSPS) is 18.3. The van der Waals surface area contributed by atoms with E-state index in [1.165, 1.54) is 4.70 Å². The molecule has 7 heteroatoms. The predicted octanol–water partition coefficient (Wildman–Crippen LogP) is 4.77. The van der Waals surface area contributed by atoms with Gasteiger partial charge in [-0.05, 0) is 71.4 Å². The molecule has 0 saturated carbocycles. The first kappa shape index (κ1) is 22.5. The predicted molar refractivity (Wildman–Crippen MR) is 121 cm³/mol. The van der Waals surface area contributed by atoms with Gasteiger partial charge in [-0.25, -0.2) is 9.78 Å². The second-order valence-corrected chi connectivity index (χ2v) is 10.2. The molecule has 1 N–H and O–H groups in total. The molecular weight excluding hydrogens is 398 g/mol. The Bertz CT molecular complexity index is 841. The number of likely N-dealkylation sites (tertiary alicyclic amines) is 1. The average Bonchev–Trinajstić information content (AvgIpc) is 3.09. The number of carbonyl (C=O) groups excluding carboxylic acids is 2. The average molecular weight is 432 g/mol. The molecule has 1 saturated heterocycles. The largest absolute Gasteiger partial charge is 0.444 e. The number of piperidine rings is 1. The molecule has 30 heavy (non-hydrogen) atoms. The highest BCUT2D eigenvalue weighted by Gasteiger charge is 2.29. The minimum absolute atomic E-state index is 0.0294. The molecule has 3 rings (SSSR count). The van der Waals surface area contributed by atoms with Crippen LogP contribution in [0.2, 0.25) is 0 Å². The Labute approximate surface area is 183 Å². The molecule has 2 amide bonds. The Morgan fingerprint density at radius 1 is 1.33 bits per heavy atom. The minimum atomic E-state index is -0.512. The zero-order valence-electron chi connectivity index (χ0n) is 18.4. The van der Waals surface area contributed by atoms with Crippen LogP contribution in [0, 0.1) is 5.92 Å². The molecule has 0 spiro atoms. The van der Waals surface area contributed by atoms with Crippen molar-refractivity contribution in [1.29, 1.82) is 0 Å². The second kappa shape index (κ2) is 9.77. The smallest absolute Gasteiger partial charge is 0.407 e. The number of nitrogens with one attached hydrogen (secondary N) is 1. The van der Waals surface area contributed by atoms with Crippen molar-refractivity contribution < 1.29 is 14.3 Å². The number of thiazole rings is 1. The highest BCUT2D eigenvalue weighted by molar-refractivity contribution is 7.18. The standard InChI is InChI=1S/C23H33N3O3S/c1-16(24-22(28)29-23(2,3)4)17-9-8-14-26(15-17)21(27)13-7-12-20-25-18-10-5-6-11-19(18)30-20/h5-6,10-11,16-17H,7-9,12-15H2,1-4H3,(H,24,28)/t16-,17+/m1/s1. The molecule has 0 aliphatic carbocycles. The van der Waals surface area contributed by atoms with Gasteiger partial charge in [0.15, 0.2) is 0 Å². The summed E-state index contributed by atoms with van der Waals surface area (Å²) in [5.74, 6) is 0.449. The van der Waals surface area contributed by atoms with Crippen LogP contribution >= 0.6 is 11.3 Å². The van der Waals surface area contributed by atoms with Gasteiger partial charge in [0.2, 0.25) is 5.91 Å². The van der Waals surface area contributed by atoms with E-state index in [4.69, 9.17) is 4.74 Å². The fourth-order valence-corrected chi connectivity index (χ4v) is 4.84. The van der Waals surface area contributed by atoms with E-state index < -0.39 is 11.7 Å². The summed E-state index contributed by atoms with van der Waals surface area (Å²) in [5, 5.41) is 4.03. The second-order valence-electron chi connectivity index (χ2n) is 9.11. The molecule has 0 radical (unpaired) electrons. The van der Waals surface area contributed by atoms with Crippen molar-refractivity contribution in [3.63, 3.8) is 0 Å². The Balaban J connectivity index is 1.44. The molecule has 1 aromatic heterocycles. The molecule has 0 unspecified atom stereocenters. The van der Waals surface area contributed by atoms with Gasteiger partial charge < -0.3 is 15.0 Å². The van der Waals surface area contributed by atoms with Crippen molar-refractivity contribution in [2.24, 2.45) is 5.92 Å². The Kier molecular flexibility index (Phi) is 7.34. The van der Waals surface area contributed by atoms with Crippen LogP contribution in [0.4, 0.5) is 4.79 Å². The van der Waals surface area contributed by atoms with E-state index in [1.807, 2.05) is 50.8 Å². The third-order valence-electron chi connectivity index (χ3n) is 5.38. The highest BCUT2D eigenvalue weighted by Crippen LogP contribution is 2.24. The molecule has 1 aromatic carbocycles. The van der Waals surface area contributed by atoms with Crippen LogP contribution in [0.5, 0.6) is 0 Å². The van der Waals surface area contributed by atoms with Crippen LogP contribution < -0.4 is 5.32 Å². The van der Waals surface area contributed by atoms with Gasteiger partial charge in [0, 0.05) is 25.6 Å². The van der Waals surface area contributed by atoms with Crippen molar-refractivity contribution in [1.82, 2.24) is 15.2 Å². The maximum atomic E-state index is 12.7. The van der Waals surface area contributed by atoms with Gasteiger partial charge >= 0.3 is 6.09 Å². The monoisotopic (exact) mass is 431 g/mol. The third kappa shape index (κ3) is 6.42. The molecule has 6 nitrogen and oxygen atoms in total. The third-order valence-corrected chi connectivity index (χ3v) is 6.48. The summed E-state index contributed by atoms with van der Waals surface area (Å²) in [7, 11) is 0. The topological polar surface area (TPSA) is 71.5 Å². The van der Waals surface area contributed by atoms with E-state index in [2.05, 4.69) is 16.4 Å². The first-order valence-electron chi connectivity index (χ1n) is 10.8. The highest BCUT2D eigenvalue weighted by atomic mass is 32.1. The first-order chi connectivity index (χ1) is 14.2. The maximum Gasteiger partial charge on any atom is 0.407 e. The van der Waals surface area contributed by atoms with Gasteiger partial charge in [0.25, 0.3) is 0 Å². The molecule has 2 atom stereocenters. The van der Waals surface area contributed by atoms with Gasteiger partial charge in [0.1, 0.15) is 5.60 Å². The summed E-state index contributed by atoms with van der Waals surface area (Å²) < 4.78 is 6.55. The van der Waals surface area contributed by atoms with E-state index in [-0.39, 0.29) is 17.9 Å². The van der Waals surface area contributed by atoms with Crippen LogP contribution in [0.3, 0.4) is 0 Å². The lowest BCUT2D eigenvalue weighted by Crippen LogP contribution is -2.48. The summed E-state index contributed by atoms with van der Waals surface area (Å²) in [6, 6.07) is 8.11. The van der Waals surface area contributed by atoms with Gasteiger partial charge in [0.05, 0.1) is 15.2 Å². The van der Waals surface area contributed by atoms with Crippen molar-refractivity contribution in [3.05, 3.63) is 29.3 Å². The Hall–Kier alpha value is -2.15. The number of hydrogen-bond acceptors (Lipinski definition) is 5. The van der Waals surface area contributed by atoms with E-state index in [9.17, 15) is 9.59 Å². The van der Waals surface area contributed by atoms with E-state index in [1.54, 1.807) is 11.3 Å². The molecule has 1 fully saturated rings. The van der Waals surface area contributed by atoms with Crippen molar-refractivity contribution in [2.75, 3.05) is 13.1 Å². The molecule has 1 aliphatic rings. The molecule has 1 aliphatic heterocycles. The van der Waals surface area contributed by atoms with Crippen LogP contribution in [-0.2, 0) is 16.0 Å². The number of carbonyl (C=O) groups is 2. The summed E-state index contributed by atoms with van der Waals surface area (Å²) in [6.07, 6.45) is 3.76. The van der Waals surface area contributed by atoms with Crippen molar-refractivity contribution >= 4 is 33.6 Å². The number of hydrogen-bond donors (Lipinski definition) is 1. The van der Waals surface area contributed by atoms with E-state index in [0.717, 1.165) is 42.8 Å². The lowest BCUT2D eigenvalue weighted by Gasteiger charge is -2.36. The van der Waals surface area contributed by atoms with Crippen LogP contribution in [-0.4, -0.2) is 46.6 Å². The van der Waals surface area contributed by atoms with Gasteiger partial charge in [-0.15, -0.1) is 11.3 Å². The fourth-order valence-electron chi connectivity index (χ4n) is 3.83. The number of alkyl carbamates (subject to hydrolysis) is 1. The lowest BCUT2D eigenvalue weighted by atomic mass is 9.91. The zero-order chi connectivity index (χ0) is 21.7. The maximum absolute atomic E-state index is 12.7. The number of fused-ring (bicyclic) bond motifs is 1. The quantitative estimate of drug-likeness (QED) is 0.715. The number of benzene rings is 1. The Morgan fingerprint density at radius 2 is 2.10 bits per heavy atom. The zero-order valence-corrected chi connectivity index (χ0v) is 19.3.